The fraction of sp³-hybridized carbons (Fsp3) is 0.364. The van der Waals surface area contributed by atoms with E-state index in [0.29, 0.717) is 35.4 Å². The number of carbonyl (C=O) groups is 2. The average Bonchev–Trinajstić information content (AvgIpc) is 3.04. The number of ketones is 1. The van der Waals surface area contributed by atoms with E-state index in [2.05, 4.69) is 4.98 Å². The lowest BCUT2D eigenvalue weighted by atomic mass is 9.81. The van der Waals surface area contributed by atoms with Crippen molar-refractivity contribution in [2.75, 3.05) is 20.8 Å². The van der Waals surface area contributed by atoms with Crippen LogP contribution in [0, 0.1) is 6.92 Å². The van der Waals surface area contributed by atoms with Gasteiger partial charge in [-0.3, -0.25) is 4.79 Å². The molecule has 2 aromatic rings. The van der Waals surface area contributed by atoms with Gasteiger partial charge in [-0.15, -0.1) is 0 Å². The molecule has 0 saturated heterocycles. The third kappa shape index (κ3) is 3.67. The molecule has 0 bridgehead atoms. The largest absolute Gasteiger partial charge is 0.497 e. The van der Waals surface area contributed by atoms with E-state index in [1.165, 1.54) is 0 Å². The van der Waals surface area contributed by atoms with E-state index in [0.717, 1.165) is 17.0 Å². The number of esters is 1. The Morgan fingerprint density at radius 3 is 2.71 bits per heavy atom. The second kappa shape index (κ2) is 8.33. The van der Waals surface area contributed by atoms with Gasteiger partial charge in [0, 0.05) is 29.2 Å². The van der Waals surface area contributed by atoms with Crippen molar-refractivity contribution >= 4 is 11.8 Å². The first kappa shape index (κ1) is 19.7. The summed E-state index contributed by atoms with van der Waals surface area (Å²) in [7, 11) is 3.22. The highest BCUT2D eigenvalue weighted by atomic mass is 16.5. The van der Waals surface area contributed by atoms with Gasteiger partial charge in [-0.2, -0.15) is 0 Å². The van der Waals surface area contributed by atoms with Gasteiger partial charge in [0.05, 0.1) is 14.2 Å². The van der Waals surface area contributed by atoms with Crippen LogP contribution in [-0.2, 0) is 11.2 Å². The number of fused-ring (bicyclic) bond motifs is 1. The van der Waals surface area contributed by atoms with Crippen LogP contribution in [0.1, 0.15) is 56.9 Å². The number of rotatable bonds is 6. The molecule has 148 valence electrons. The summed E-state index contributed by atoms with van der Waals surface area (Å²) < 4.78 is 16.0. The van der Waals surface area contributed by atoms with Crippen molar-refractivity contribution in [3.8, 4) is 11.5 Å². The van der Waals surface area contributed by atoms with E-state index < -0.39 is 5.97 Å². The van der Waals surface area contributed by atoms with Gasteiger partial charge in [0.25, 0.3) is 0 Å². The molecule has 6 heteroatoms. The normalized spacial score (nSPS) is 16.1. The van der Waals surface area contributed by atoms with Crippen LogP contribution in [0.25, 0.3) is 0 Å². The molecule has 1 aliphatic carbocycles. The molecule has 28 heavy (non-hydrogen) atoms. The zero-order chi connectivity index (χ0) is 20.3. The number of hydrogen-bond donors (Lipinski definition) is 1. The lowest BCUT2D eigenvalue weighted by Crippen LogP contribution is -2.19. The summed E-state index contributed by atoms with van der Waals surface area (Å²) >= 11 is 0. The van der Waals surface area contributed by atoms with Crippen molar-refractivity contribution in [1.82, 2.24) is 4.98 Å². The standard InChI is InChI=1S/C22H25NO5/c1-5-6-9-28-22(25)21-13(2)20-17(23-21)10-14(11-18(20)24)16-12-15(26-3)7-8-19(16)27-4/h5-8,12,14,23H,9-11H2,1-4H3/b6-5+/t14-/m1/s1. The summed E-state index contributed by atoms with van der Waals surface area (Å²) in [6.07, 6.45) is 4.53. The van der Waals surface area contributed by atoms with Crippen molar-refractivity contribution in [2.24, 2.45) is 0 Å². The summed E-state index contributed by atoms with van der Waals surface area (Å²) in [6.45, 7) is 3.85. The lowest BCUT2D eigenvalue weighted by molar-refractivity contribution is 0.0542. The Hall–Kier alpha value is -3.02. The highest BCUT2D eigenvalue weighted by Gasteiger charge is 2.33. The number of carbonyl (C=O) groups excluding carboxylic acids is 2. The first-order chi connectivity index (χ1) is 13.5. The molecule has 1 atom stereocenters. The summed E-state index contributed by atoms with van der Waals surface area (Å²) in [6, 6.07) is 5.58. The van der Waals surface area contributed by atoms with Gasteiger partial charge in [0.2, 0.25) is 0 Å². The monoisotopic (exact) mass is 383 g/mol. The van der Waals surface area contributed by atoms with Crippen LogP contribution in [0.15, 0.2) is 30.4 Å². The molecule has 0 radical (unpaired) electrons. The summed E-state index contributed by atoms with van der Waals surface area (Å²) in [4.78, 5) is 28.4. The van der Waals surface area contributed by atoms with Gasteiger partial charge < -0.3 is 19.2 Å². The summed E-state index contributed by atoms with van der Waals surface area (Å²) in [5, 5.41) is 0. The third-order valence-corrected chi connectivity index (χ3v) is 5.12. The fourth-order valence-electron chi connectivity index (χ4n) is 3.71. The van der Waals surface area contributed by atoms with Crippen molar-refractivity contribution in [3.63, 3.8) is 0 Å². The molecule has 1 aliphatic rings. The van der Waals surface area contributed by atoms with Crippen LogP contribution in [0.4, 0.5) is 0 Å². The number of allylic oxidation sites excluding steroid dienone is 1. The van der Waals surface area contributed by atoms with Gasteiger partial charge in [-0.05, 0) is 44.0 Å². The van der Waals surface area contributed by atoms with E-state index in [4.69, 9.17) is 14.2 Å². The average molecular weight is 383 g/mol. The zero-order valence-electron chi connectivity index (χ0n) is 16.6. The molecule has 1 N–H and O–H groups in total. The molecule has 0 aliphatic heterocycles. The smallest absolute Gasteiger partial charge is 0.355 e. The number of ether oxygens (including phenoxy) is 3. The number of H-pyrrole nitrogens is 1. The number of aromatic nitrogens is 1. The Bertz CT molecular complexity index is 925. The van der Waals surface area contributed by atoms with Gasteiger partial charge in [-0.25, -0.2) is 4.79 Å². The highest BCUT2D eigenvalue weighted by molar-refractivity contribution is 6.03. The second-order valence-corrected chi connectivity index (χ2v) is 6.78. The van der Waals surface area contributed by atoms with Crippen LogP contribution in [0.2, 0.25) is 0 Å². The predicted octanol–water partition coefficient (Wildman–Crippen LogP) is 3.99. The Balaban J connectivity index is 1.92. The van der Waals surface area contributed by atoms with Crippen LogP contribution in [0.3, 0.4) is 0 Å². The highest BCUT2D eigenvalue weighted by Crippen LogP contribution is 2.40. The Kier molecular flexibility index (Phi) is 5.87. The number of aromatic amines is 1. The Morgan fingerprint density at radius 2 is 2.04 bits per heavy atom. The van der Waals surface area contributed by atoms with Gasteiger partial charge in [0.15, 0.2) is 5.78 Å². The van der Waals surface area contributed by atoms with E-state index in [9.17, 15) is 9.59 Å². The number of Topliss-reactive ketones (excluding diaryl/α,β-unsaturated/α-hetero) is 1. The molecule has 6 nitrogen and oxygen atoms in total. The van der Waals surface area contributed by atoms with E-state index in [1.807, 2.05) is 31.2 Å². The molecule has 0 saturated carbocycles. The van der Waals surface area contributed by atoms with E-state index in [-0.39, 0.29) is 18.3 Å². The van der Waals surface area contributed by atoms with Crippen molar-refractivity contribution in [2.45, 2.75) is 32.6 Å². The fourth-order valence-corrected chi connectivity index (χ4v) is 3.71. The molecule has 1 aromatic carbocycles. The van der Waals surface area contributed by atoms with E-state index in [1.54, 1.807) is 27.2 Å². The minimum atomic E-state index is -0.451. The maximum absolute atomic E-state index is 12.9. The molecule has 0 unspecified atom stereocenters. The first-order valence-electron chi connectivity index (χ1n) is 9.25. The Morgan fingerprint density at radius 1 is 1.25 bits per heavy atom. The molecule has 1 heterocycles. The topological polar surface area (TPSA) is 77.6 Å². The SMILES string of the molecule is C/C=C/COC(=O)c1[nH]c2c(c1C)C(=O)C[C@H](c1cc(OC)ccc1OC)C2. The molecule has 1 aromatic heterocycles. The number of benzene rings is 1. The van der Waals surface area contributed by atoms with Crippen LogP contribution < -0.4 is 9.47 Å². The summed E-state index contributed by atoms with van der Waals surface area (Å²) in [5.74, 6) is 0.932. The maximum Gasteiger partial charge on any atom is 0.355 e. The number of nitrogens with one attached hydrogen (secondary N) is 1. The van der Waals surface area contributed by atoms with Gasteiger partial charge >= 0.3 is 5.97 Å². The molecule has 0 spiro atoms. The van der Waals surface area contributed by atoms with Crippen molar-refractivity contribution in [1.29, 1.82) is 0 Å². The number of methoxy groups -OCH3 is 2. The molecule has 0 fully saturated rings. The van der Waals surface area contributed by atoms with Crippen LogP contribution in [-0.4, -0.2) is 37.6 Å². The minimum Gasteiger partial charge on any atom is -0.497 e. The first-order valence-corrected chi connectivity index (χ1v) is 9.25. The van der Waals surface area contributed by atoms with Gasteiger partial charge in [0.1, 0.15) is 23.8 Å². The molecule has 3 rings (SSSR count). The predicted molar refractivity (Wildman–Crippen MR) is 106 cm³/mol. The van der Waals surface area contributed by atoms with Crippen LogP contribution in [0.5, 0.6) is 11.5 Å². The lowest BCUT2D eigenvalue weighted by Gasteiger charge is -2.24. The molecule has 0 amide bonds. The van der Waals surface area contributed by atoms with Crippen LogP contribution >= 0.6 is 0 Å². The molecular weight excluding hydrogens is 358 g/mol. The van der Waals surface area contributed by atoms with Gasteiger partial charge in [-0.1, -0.05) is 12.2 Å². The van der Waals surface area contributed by atoms with Crippen molar-refractivity contribution < 1.29 is 23.8 Å². The quantitative estimate of drug-likeness (QED) is 0.603. The van der Waals surface area contributed by atoms with E-state index >= 15 is 0 Å². The minimum absolute atomic E-state index is 0.0115. The maximum atomic E-state index is 12.9. The Labute approximate surface area is 164 Å². The summed E-state index contributed by atoms with van der Waals surface area (Å²) in [5.41, 5.74) is 3.30. The van der Waals surface area contributed by atoms with Crippen molar-refractivity contribution in [3.05, 3.63) is 58.4 Å². The zero-order valence-corrected chi connectivity index (χ0v) is 16.6. The number of hydrogen-bond acceptors (Lipinski definition) is 5. The second-order valence-electron chi connectivity index (χ2n) is 6.78. The molecular formula is C22H25NO5. The third-order valence-electron chi connectivity index (χ3n) is 5.12.